The summed E-state index contributed by atoms with van der Waals surface area (Å²) in [6.45, 7) is -0.0855. The highest BCUT2D eigenvalue weighted by Crippen LogP contribution is 2.19. The molecule has 0 radical (unpaired) electrons. The van der Waals surface area contributed by atoms with Gasteiger partial charge in [0.15, 0.2) is 0 Å². The van der Waals surface area contributed by atoms with Crippen LogP contribution < -0.4 is 10.6 Å². The molecular weight excluding hydrogens is 461 g/mol. The third kappa shape index (κ3) is 6.35. The molecule has 0 aliphatic heterocycles. The second-order valence-corrected chi connectivity index (χ2v) is 7.57. The average Bonchev–Trinajstić information content (AvgIpc) is 2.67. The Balaban J connectivity index is 1.99. The minimum Gasteiger partial charge on any atom is -0.341 e. The molecule has 0 saturated heterocycles. The lowest BCUT2D eigenvalue weighted by molar-refractivity contribution is -0.122. The summed E-state index contributed by atoms with van der Waals surface area (Å²) in [5.74, 6) is 0.493. The molecule has 26 heavy (non-hydrogen) atoms. The lowest BCUT2D eigenvalue weighted by Crippen LogP contribution is -2.48. The molecule has 5 nitrogen and oxygen atoms in total. The number of benzene rings is 2. The number of hydrogen-bond donors (Lipinski definition) is 2. The maximum Gasteiger partial charge on any atom is 0.251 e. The van der Waals surface area contributed by atoms with E-state index in [1.54, 1.807) is 36.0 Å². The highest BCUT2D eigenvalue weighted by Gasteiger charge is 2.21. The van der Waals surface area contributed by atoms with Gasteiger partial charge in [0.25, 0.3) is 5.91 Å². The first-order valence-corrected chi connectivity index (χ1v) is 10.2. The Morgan fingerprint density at radius 1 is 1.12 bits per heavy atom. The van der Waals surface area contributed by atoms with Crippen molar-refractivity contribution in [2.24, 2.45) is 0 Å². The molecule has 0 bridgehead atoms. The zero-order valence-corrected chi connectivity index (χ0v) is 16.9. The van der Waals surface area contributed by atoms with Gasteiger partial charge < -0.3 is 10.6 Å². The minimum absolute atomic E-state index is 0.0855. The highest BCUT2D eigenvalue weighted by atomic mass is 127. The Morgan fingerprint density at radius 2 is 1.81 bits per heavy atom. The van der Waals surface area contributed by atoms with Crippen LogP contribution in [0.3, 0.4) is 0 Å². The van der Waals surface area contributed by atoms with Crippen LogP contribution in [0.1, 0.15) is 15.9 Å². The van der Waals surface area contributed by atoms with Crippen molar-refractivity contribution in [3.8, 4) is 6.07 Å². The normalized spacial score (nSPS) is 11.2. The van der Waals surface area contributed by atoms with E-state index in [0.29, 0.717) is 11.3 Å². The largest absolute Gasteiger partial charge is 0.341 e. The molecule has 0 unspecified atom stereocenters. The van der Waals surface area contributed by atoms with Crippen LogP contribution in [0.4, 0.5) is 0 Å². The molecule has 2 N–H and O–H groups in total. The summed E-state index contributed by atoms with van der Waals surface area (Å²) in [6, 6.07) is 18.0. The Hall–Kier alpha value is -2.05. The molecular formula is C19H18IN3O2S. The molecule has 134 valence electrons. The number of rotatable bonds is 8. The van der Waals surface area contributed by atoms with Gasteiger partial charge in [-0.3, -0.25) is 9.59 Å². The summed E-state index contributed by atoms with van der Waals surface area (Å²) in [5.41, 5.74) is 1.68. The van der Waals surface area contributed by atoms with Gasteiger partial charge in [-0.05, 0) is 46.4 Å². The molecule has 2 amide bonds. The molecule has 0 spiro atoms. The first-order valence-electron chi connectivity index (χ1n) is 7.93. The molecule has 0 fully saturated rings. The second-order valence-electron chi connectivity index (χ2n) is 5.37. The highest BCUT2D eigenvalue weighted by molar-refractivity contribution is 14.1. The van der Waals surface area contributed by atoms with E-state index < -0.39 is 6.04 Å². The van der Waals surface area contributed by atoms with E-state index in [1.807, 2.05) is 36.4 Å². The lowest BCUT2D eigenvalue weighted by atomic mass is 10.2. The van der Waals surface area contributed by atoms with Gasteiger partial charge in [-0.2, -0.15) is 17.0 Å². The fraction of sp³-hybridized carbons (Fsp3) is 0.211. The van der Waals surface area contributed by atoms with Crippen molar-refractivity contribution >= 4 is 46.2 Å². The zero-order valence-electron chi connectivity index (χ0n) is 13.9. The quantitative estimate of drug-likeness (QED) is 0.451. The molecule has 2 aromatic carbocycles. The number of halogens is 1. The summed E-state index contributed by atoms with van der Waals surface area (Å²) < 4.78 is 1.16. The van der Waals surface area contributed by atoms with Crippen LogP contribution in [0, 0.1) is 14.9 Å². The maximum atomic E-state index is 12.4. The van der Waals surface area contributed by atoms with Gasteiger partial charge in [0.1, 0.15) is 12.6 Å². The van der Waals surface area contributed by atoms with Crippen LogP contribution in [-0.4, -0.2) is 30.2 Å². The molecule has 0 heterocycles. The average molecular weight is 479 g/mol. The number of nitrogens with one attached hydrogen (secondary N) is 2. The third-order valence-corrected chi connectivity index (χ3v) is 5.64. The molecule has 2 rings (SSSR count). The fourth-order valence-electron chi connectivity index (χ4n) is 2.17. The zero-order chi connectivity index (χ0) is 18.8. The first kappa shape index (κ1) is 20.3. The molecule has 0 aliphatic rings. The van der Waals surface area contributed by atoms with E-state index in [9.17, 15) is 9.59 Å². The molecule has 7 heteroatoms. The Morgan fingerprint density at radius 3 is 2.50 bits per heavy atom. The lowest BCUT2D eigenvalue weighted by Gasteiger charge is -2.18. The van der Waals surface area contributed by atoms with Gasteiger partial charge in [0, 0.05) is 20.6 Å². The third-order valence-electron chi connectivity index (χ3n) is 3.50. The fourth-order valence-corrected chi connectivity index (χ4v) is 4.06. The van der Waals surface area contributed by atoms with Crippen molar-refractivity contribution in [1.29, 1.82) is 5.26 Å². The van der Waals surface area contributed by atoms with Crippen LogP contribution in [0.2, 0.25) is 0 Å². The van der Waals surface area contributed by atoms with Crippen LogP contribution >= 0.6 is 34.4 Å². The Bertz CT molecular complexity index is 793. The number of nitriles is 1. The van der Waals surface area contributed by atoms with Gasteiger partial charge in [0.2, 0.25) is 5.91 Å². The first-order chi connectivity index (χ1) is 12.6. The minimum atomic E-state index is -0.706. The predicted octanol–water partition coefficient (Wildman–Crippen LogP) is 2.96. The van der Waals surface area contributed by atoms with Crippen molar-refractivity contribution < 1.29 is 9.59 Å². The van der Waals surface area contributed by atoms with Crippen molar-refractivity contribution in [1.82, 2.24) is 10.6 Å². The van der Waals surface area contributed by atoms with E-state index in [-0.39, 0.29) is 18.4 Å². The van der Waals surface area contributed by atoms with Gasteiger partial charge in [-0.1, -0.05) is 36.4 Å². The topological polar surface area (TPSA) is 82.0 Å². The number of nitrogens with zero attached hydrogens (tertiary/aromatic N) is 1. The van der Waals surface area contributed by atoms with Gasteiger partial charge in [0.05, 0.1) is 6.07 Å². The summed E-state index contributed by atoms with van der Waals surface area (Å²) in [4.78, 5) is 24.6. The molecule has 0 aliphatic carbocycles. The van der Waals surface area contributed by atoms with E-state index in [1.165, 1.54) is 5.56 Å². The number of thioether (sulfide) groups is 1. The second kappa shape index (κ2) is 10.8. The van der Waals surface area contributed by atoms with Gasteiger partial charge >= 0.3 is 0 Å². The summed E-state index contributed by atoms with van der Waals surface area (Å²) in [6.07, 6.45) is 0. The summed E-state index contributed by atoms with van der Waals surface area (Å²) in [5, 5.41) is 13.9. The standard InChI is InChI=1S/C19H18IN3O2S/c20-16-9-5-4-8-15(16)12-26-13-17(19(25)22-11-10-21)23-18(24)14-6-2-1-3-7-14/h1-9,17H,11-13H2,(H,22,25)(H,23,24)/t17-/m0/s1. The van der Waals surface area contributed by atoms with E-state index in [2.05, 4.69) is 33.2 Å². The van der Waals surface area contributed by atoms with Crippen LogP contribution in [0.15, 0.2) is 54.6 Å². The molecule has 2 aromatic rings. The number of carbonyl (C=O) groups is 2. The van der Waals surface area contributed by atoms with Gasteiger partial charge in [-0.25, -0.2) is 0 Å². The Labute approximate surface area is 170 Å². The number of carbonyl (C=O) groups excluding carboxylic acids is 2. The van der Waals surface area contributed by atoms with E-state index >= 15 is 0 Å². The van der Waals surface area contributed by atoms with Crippen molar-refractivity contribution in [2.45, 2.75) is 11.8 Å². The van der Waals surface area contributed by atoms with Crippen LogP contribution in [-0.2, 0) is 10.5 Å². The number of hydrogen-bond acceptors (Lipinski definition) is 4. The predicted molar refractivity (Wildman–Crippen MR) is 112 cm³/mol. The smallest absolute Gasteiger partial charge is 0.251 e. The van der Waals surface area contributed by atoms with Crippen molar-refractivity contribution in [2.75, 3.05) is 12.3 Å². The Kier molecular flexibility index (Phi) is 8.44. The van der Waals surface area contributed by atoms with Crippen LogP contribution in [0.5, 0.6) is 0 Å². The van der Waals surface area contributed by atoms with Crippen molar-refractivity contribution in [3.05, 3.63) is 69.3 Å². The summed E-state index contributed by atoms with van der Waals surface area (Å²) >= 11 is 3.84. The summed E-state index contributed by atoms with van der Waals surface area (Å²) in [7, 11) is 0. The molecule has 0 aromatic heterocycles. The van der Waals surface area contributed by atoms with E-state index in [0.717, 1.165) is 9.32 Å². The monoisotopic (exact) mass is 479 g/mol. The SMILES string of the molecule is N#CCNC(=O)[C@H](CSCc1ccccc1I)NC(=O)c1ccccc1. The van der Waals surface area contributed by atoms with Gasteiger partial charge in [-0.15, -0.1) is 0 Å². The van der Waals surface area contributed by atoms with E-state index in [4.69, 9.17) is 5.26 Å². The van der Waals surface area contributed by atoms with Crippen molar-refractivity contribution in [3.63, 3.8) is 0 Å². The number of amides is 2. The van der Waals surface area contributed by atoms with Crippen LogP contribution in [0.25, 0.3) is 0 Å². The molecule has 0 saturated carbocycles. The molecule has 1 atom stereocenters. The maximum absolute atomic E-state index is 12.4.